The molecule has 0 N–H and O–H groups in total. The van der Waals surface area contributed by atoms with Gasteiger partial charge in [0.1, 0.15) is 11.2 Å². The van der Waals surface area contributed by atoms with E-state index in [2.05, 4.69) is 266 Å². The van der Waals surface area contributed by atoms with Gasteiger partial charge < -0.3 is 9.32 Å². The molecule has 0 amide bonds. The first-order valence-corrected chi connectivity index (χ1v) is 22.6. The summed E-state index contributed by atoms with van der Waals surface area (Å²) < 4.78 is 6.82. The van der Waals surface area contributed by atoms with Crippen molar-refractivity contribution in [2.45, 2.75) is 0 Å². The van der Waals surface area contributed by atoms with Crippen LogP contribution in [-0.4, -0.2) is 0 Å². The molecule has 12 rings (SSSR count). The Morgan fingerprint density at radius 3 is 1.30 bits per heavy atom. The van der Waals surface area contributed by atoms with Gasteiger partial charge in [-0.3, -0.25) is 0 Å². The lowest BCUT2D eigenvalue weighted by atomic mass is 9.89. The summed E-state index contributed by atoms with van der Waals surface area (Å²) in [5.41, 5.74) is 18.9. The summed E-state index contributed by atoms with van der Waals surface area (Å²) in [6.45, 7) is 0. The van der Waals surface area contributed by atoms with Crippen LogP contribution in [0.5, 0.6) is 0 Å². The Morgan fingerprint density at radius 1 is 0.242 bits per heavy atom. The highest BCUT2D eigenvalue weighted by atomic mass is 16.3. The normalized spacial score (nSPS) is 11.3. The van der Waals surface area contributed by atoms with Crippen LogP contribution < -0.4 is 4.90 Å². The number of hydrogen-bond acceptors (Lipinski definition) is 2. The maximum Gasteiger partial charge on any atom is 0.143 e. The molecule has 0 spiro atoms. The van der Waals surface area contributed by atoms with Crippen LogP contribution in [0.4, 0.5) is 17.1 Å². The first-order valence-electron chi connectivity index (χ1n) is 22.6. The molecule has 0 atom stereocenters. The van der Waals surface area contributed by atoms with Crippen LogP contribution in [-0.2, 0) is 0 Å². The van der Waals surface area contributed by atoms with Gasteiger partial charge in [0.15, 0.2) is 0 Å². The molecule has 0 unspecified atom stereocenters. The molecule has 310 valence electrons. The third-order valence-electron chi connectivity index (χ3n) is 12.9. The van der Waals surface area contributed by atoms with E-state index in [0.717, 1.165) is 77.9 Å². The molecule has 0 radical (unpaired) electrons. The summed E-state index contributed by atoms with van der Waals surface area (Å²) in [5, 5.41) is 4.71. The van der Waals surface area contributed by atoms with Crippen molar-refractivity contribution in [2.75, 3.05) is 4.90 Å². The number of rotatable bonds is 9. The Kier molecular flexibility index (Phi) is 9.89. The van der Waals surface area contributed by atoms with Crippen molar-refractivity contribution in [2.24, 2.45) is 0 Å². The van der Waals surface area contributed by atoms with Crippen molar-refractivity contribution in [1.82, 2.24) is 0 Å². The highest BCUT2D eigenvalue weighted by molar-refractivity contribution is 6.13. The molecule has 2 heteroatoms. The van der Waals surface area contributed by atoms with Gasteiger partial charge in [-0.05, 0) is 97.2 Å². The quantitative estimate of drug-likeness (QED) is 0.144. The number of nitrogens with zero attached hydrogens (tertiary/aromatic N) is 1. The lowest BCUT2D eigenvalue weighted by Crippen LogP contribution is -2.11. The summed E-state index contributed by atoms with van der Waals surface area (Å²) in [5.74, 6) is 0. The van der Waals surface area contributed by atoms with Gasteiger partial charge in [-0.15, -0.1) is 0 Å². The van der Waals surface area contributed by atoms with Crippen molar-refractivity contribution in [3.63, 3.8) is 0 Å². The van der Waals surface area contributed by atoms with Gasteiger partial charge in [-0.2, -0.15) is 0 Å². The third-order valence-corrected chi connectivity index (χ3v) is 12.9. The zero-order valence-corrected chi connectivity index (χ0v) is 36.2. The van der Waals surface area contributed by atoms with Crippen molar-refractivity contribution in [3.05, 3.63) is 261 Å². The van der Waals surface area contributed by atoms with Gasteiger partial charge in [0.05, 0.1) is 5.69 Å². The predicted octanol–water partition coefficient (Wildman–Crippen LogP) is 18.2. The Bertz CT molecular complexity index is 3660. The van der Waals surface area contributed by atoms with Gasteiger partial charge >= 0.3 is 0 Å². The smallest absolute Gasteiger partial charge is 0.143 e. The standard InChI is InChI=1S/C64H43NO/c1-4-17-45(18-5-1)54-42-37-50(43-61(54)58-29-14-24-46-23-10-11-25-53(46)58)44-33-38-51(39-34-44)65(62-32-13-12-26-55(62)47-19-6-2-7-20-47)52-40-35-49(36-41-52)57-28-16-31-60-59-30-15-27-56(63(59)66-64(57)60)48-21-8-3-9-22-48/h1-43H. The highest BCUT2D eigenvalue weighted by Crippen LogP contribution is 2.45. The largest absolute Gasteiger partial charge is 0.455 e. The molecular weight excluding hydrogens is 799 g/mol. The summed E-state index contributed by atoms with van der Waals surface area (Å²) in [6.07, 6.45) is 0. The minimum absolute atomic E-state index is 0.894. The molecular formula is C64H43NO. The Hall–Kier alpha value is -8.72. The minimum Gasteiger partial charge on any atom is -0.455 e. The van der Waals surface area contributed by atoms with Crippen LogP contribution in [0.3, 0.4) is 0 Å². The van der Waals surface area contributed by atoms with Crippen LogP contribution in [0.15, 0.2) is 265 Å². The zero-order valence-electron chi connectivity index (χ0n) is 36.2. The number of fused-ring (bicyclic) bond motifs is 4. The number of hydrogen-bond donors (Lipinski definition) is 0. The Morgan fingerprint density at radius 2 is 0.667 bits per heavy atom. The maximum atomic E-state index is 6.82. The van der Waals surface area contributed by atoms with Gasteiger partial charge in [0, 0.05) is 38.8 Å². The second-order valence-electron chi connectivity index (χ2n) is 16.8. The number of para-hydroxylation sites is 3. The lowest BCUT2D eigenvalue weighted by Gasteiger charge is -2.28. The summed E-state index contributed by atoms with van der Waals surface area (Å²) in [7, 11) is 0. The maximum absolute atomic E-state index is 6.82. The molecule has 0 aliphatic rings. The third kappa shape index (κ3) is 7.02. The molecule has 0 aliphatic heterocycles. The fraction of sp³-hybridized carbons (Fsp3) is 0. The molecule has 0 saturated heterocycles. The lowest BCUT2D eigenvalue weighted by molar-refractivity contribution is 0.671. The SMILES string of the molecule is c1ccc(-c2ccc(-c3ccc(N(c4ccc(-c5cccc6c5oc5c(-c7ccccc7)cccc56)cc4)c4ccccc4-c4ccccc4)cc3)cc2-c2cccc3ccccc23)cc1. The second-order valence-corrected chi connectivity index (χ2v) is 16.8. The average Bonchev–Trinajstić information content (AvgIpc) is 3.79. The van der Waals surface area contributed by atoms with Crippen LogP contribution in [0.1, 0.15) is 0 Å². The molecule has 0 saturated carbocycles. The fourth-order valence-corrected chi connectivity index (χ4v) is 9.72. The summed E-state index contributed by atoms with van der Waals surface area (Å²) in [6, 6.07) is 93.7. The highest BCUT2D eigenvalue weighted by Gasteiger charge is 2.20. The Labute approximate surface area is 384 Å². The molecule has 1 heterocycles. The van der Waals surface area contributed by atoms with Crippen molar-refractivity contribution < 1.29 is 4.42 Å². The molecule has 0 fully saturated rings. The topological polar surface area (TPSA) is 16.4 Å². The van der Waals surface area contributed by atoms with Gasteiger partial charge in [-0.1, -0.05) is 224 Å². The van der Waals surface area contributed by atoms with Crippen molar-refractivity contribution >= 4 is 49.8 Å². The first kappa shape index (κ1) is 38.9. The van der Waals surface area contributed by atoms with E-state index >= 15 is 0 Å². The molecule has 0 aliphatic carbocycles. The van der Waals surface area contributed by atoms with Crippen molar-refractivity contribution in [1.29, 1.82) is 0 Å². The van der Waals surface area contributed by atoms with Gasteiger partial charge in [0.25, 0.3) is 0 Å². The van der Waals surface area contributed by atoms with E-state index in [9.17, 15) is 0 Å². The van der Waals surface area contributed by atoms with Crippen LogP contribution in [0, 0.1) is 0 Å². The van der Waals surface area contributed by atoms with E-state index in [4.69, 9.17) is 4.42 Å². The molecule has 0 bridgehead atoms. The minimum atomic E-state index is 0.894. The predicted molar refractivity (Wildman–Crippen MR) is 279 cm³/mol. The zero-order chi connectivity index (χ0) is 43.8. The average molecular weight is 842 g/mol. The number of anilines is 3. The van der Waals surface area contributed by atoms with Crippen LogP contribution >= 0.6 is 0 Å². The van der Waals surface area contributed by atoms with E-state index < -0.39 is 0 Å². The molecule has 1 aromatic heterocycles. The monoisotopic (exact) mass is 841 g/mol. The van der Waals surface area contributed by atoms with E-state index in [0.29, 0.717) is 0 Å². The molecule has 2 nitrogen and oxygen atoms in total. The first-order chi connectivity index (χ1) is 32.7. The van der Waals surface area contributed by atoms with E-state index in [1.165, 1.54) is 38.6 Å². The van der Waals surface area contributed by atoms with E-state index in [1.807, 2.05) is 0 Å². The van der Waals surface area contributed by atoms with Gasteiger partial charge in [0.2, 0.25) is 0 Å². The van der Waals surface area contributed by atoms with Gasteiger partial charge in [-0.25, -0.2) is 0 Å². The number of furan rings is 1. The molecule has 66 heavy (non-hydrogen) atoms. The van der Waals surface area contributed by atoms with Crippen LogP contribution in [0.25, 0.3) is 99.5 Å². The Balaban J connectivity index is 0.958. The fourth-order valence-electron chi connectivity index (χ4n) is 9.72. The summed E-state index contributed by atoms with van der Waals surface area (Å²) >= 11 is 0. The number of benzene rings is 11. The molecule has 11 aromatic carbocycles. The molecule has 12 aromatic rings. The second kappa shape index (κ2) is 16.8. The summed E-state index contributed by atoms with van der Waals surface area (Å²) in [4.78, 5) is 2.38. The van der Waals surface area contributed by atoms with E-state index in [1.54, 1.807) is 0 Å². The van der Waals surface area contributed by atoms with Crippen LogP contribution in [0.2, 0.25) is 0 Å². The van der Waals surface area contributed by atoms with Crippen molar-refractivity contribution in [3.8, 4) is 66.8 Å². The van der Waals surface area contributed by atoms with E-state index in [-0.39, 0.29) is 0 Å².